The second kappa shape index (κ2) is 5.61. The monoisotopic (exact) mass is 237 g/mol. The molecule has 0 fully saturated rings. The van der Waals surface area contributed by atoms with Crippen LogP contribution in [0.25, 0.3) is 0 Å². The van der Waals surface area contributed by atoms with Gasteiger partial charge in [0.25, 0.3) is 0 Å². The summed E-state index contributed by atoms with van der Waals surface area (Å²) in [5.41, 5.74) is 1.08. The molecule has 1 aromatic heterocycles. The van der Waals surface area contributed by atoms with E-state index in [1.165, 1.54) is 0 Å². The minimum Gasteiger partial charge on any atom is -0.465 e. The van der Waals surface area contributed by atoms with Gasteiger partial charge in [-0.3, -0.25) is 4.79 Å². The molecular formula is C12H19N3O2. The van der Waals surface area contributed by atoms with E-state index in [9.17, 15) is 4.79 Å². The van der Waals surface area contributed by atoms with Gasteiger partial charge in [-0.15, -0.1) is 0 Å². The number of nitrogens with zero attached hydrogens (tertiary/aromatic N) is 2. The number of esters is 1. The molecule has 0 saturated heterocycles. The molecule has 17 heavy (non-hydrogen) atoms. The largest absolute Gasteiger partial charge is 0.465 e. The standard InChI is InChI=1S/C12H19N3O2/c1-5-17-10(16)8-15-11-13-6-9(7-14-11)12(2,3)4/h6-7H,5,8H2,1-4H3,(H,13,14,15). The molecule has 1 rings (SSSR count). The molecule has 5 heteroatoms. The SMILES string of the molecule is CCOC(=O)CNc1ncc(C(C)(C)C)cn1. The third kappa shape index (κ3) is 4.38. The van der Waals surface area contributed by atoms with Gasteiger partial charge in [-0.25, -0.2) is 9.97 Å². The molecule has 5 nitrogen and oxygen atoms in total. The molecule has 94 valence electrons. The average Bonchev–Trinajstić information content (AvgIpc) is 2.26. The van der Waals surface area contributed by atoms with Crippen LogP contribution in [0.5, 0.6) is 0 Å². The zero-order chi connectivity index (χ0) is 12.9. The zero-order valence-corrected chi connectivity index (χ0v) is 10.8. The van der Waals surface area contributed by atoms with E-state index < -0.39 is 0 Å². The van der Waals surface area contributed by atoms with E-state index in [-0.39, 0.29) is 17.9 Å². The molecule has 0 amide bonds. The maximum absolute atomic E-state index is 11.1. The summed E-state index contributed by atoms with van der Waals surface area (Å²) in [6.07, 6.45) is 3.53. The highest BCUT2D eigenvalue weighted by Gasteiger charge is 2.14. The summed E-state index contributed by atoms with van der Waals surface area (Å²) in [7, 11) is 0. The van der Waals surface area contributed by atoms with Crippen LogP contribution in [0.2, 0.25) is 0 Å². The highest BCUT2D eigenvalue weighted by atomic mass is 16.5. The van der Waals surface area contributed by atoms with Gasteiger partial charge in [-0.05, 0) is 17.9 Å². The molecule has 0 atom stereocenters. The average molecular weight is 237 g/mol. The minimum atomic E-state index is -0.309. The summed E-state index contributed by atoms with van der Waals surface area (Å²) in [5, 5.41) is 2.81. The minimum absolute atomic E-state index is 0.0275. The lowest BCUT2D eigenvalue weighted by Crippen LogP contribution is -2.18. The van der Waals surface area contributed by atoms with Crippen LogP contribution in [0.3, 0.4) is 0 Å². The third-order valence-electron chi connectivity index (χ3n) is 2.21. The summed E-state index contributed by atoms with van der Waals surface area (Å²) in [6.45, 7) is 8.52. The van der Waals surface area contributed by atoms with Crippen molar-refractivity contribution < 1.29 is 9.53 Å². The van der Waals surface area contributed by atoms with Crippen LogP contribution >= 0.6 is 0 Å². The van der Waals surface area contributed by atoms with E-state index in [0.717, 1.165) is 5.56 Å². The van der Waals surface area contributed by atoms with Crippen molar-refractivity contribution in [3.05, 3.63) is 18.0 Å². The molecular weight excluding hydrogens is 218 g/mol. The Balaban J connectivity index is 2.54. The van der Waals surface area contributed by atoms with Crippen LogP contribution < -0.4 is 5.32 Å². The molecule has 0 unspecified atom stereocenters. The van der Waals surface area contributed by atoms with Crippen molar-refractivity contribution in [3.8, 4) is 0 Å². The van der Waals surface area contributed by atoms with Gasteiger partial charge in [0.05, 0.1) is 6.61 Å². The van der Waals surface area contributed by atoms with Gasteiger partial charge in [0.2, 0.25) is 5.95 Å². The number of rotatable bonds is 4. The molecule has 1 heterocycles. The van der Waals surface area contributed by atoms with Crippen LogP contribution in [0, 0.1) is 0 Å². The quantitative estimate of drug-likeness (QED) is 0.808. The first-order valence-corrected chi connectivity index (χ1v) is 5.65. The Bertz CT molecular complexity index is 368. The van der Waals surface area contributed by atoms with E-state index in [0.29, 0.717) is 12.6 Å². The third-order valence-corrected chi connectivity index (χ3v) is 2.21. The van der Waals surface area contributed by atoms with Gasteiger partial charge >= 0.3 is 5.97 Å². The number of carbonyl (C=O) groups is 1. The first kappa shape index (κ1) is 13.4. The van der Waals surface area contributed by atoms with Gasteiger partial charge in [-0.2, -0.15) is 0 Å². The first-order valence-electron chi connectivity index (χ1n) is 5.65. The number of anilines is 1. The Morgan fingerprint density at radius 3 is 2.41 bits per heavy atom. The van der Waals surface area contributed by atoms with Crippen LogP contribution in [-0.4, -0.2) is 29.1 Å². The molecule has 0 saturated carbocycles. The fraction of sp³-hybridized carbons (Fsp3) is 0.583. The first-order chi connectivity index (χ1) is 7.93. The lowest BCUT2D eigenvalue weighted by Gasteiger charge is -2.17. The lowest BCUT2D eigenvalue weighted by molar-refractivity contribution is -0.140. The van der Waals surface area contributed by atoms with Crippen molar-refractivity contribution in [2.24, 2.45) is 0 Å². The maximum atomic E-state index is 11.1. The van der Waals surface area contributed by atoms with Crippen LogP contribution in [-0.2, 0) is 14.9 Å². The van der Waals surface area contributed by atoms with Gasteiger partial charge in [0.15, 0.2) is 0 Å². The van der Waals surface area contributed by atoms with Gasteiger partial charge in [0.1, 0.15) is 6.54 Å². The number of ether oxygens (including phenoxy) is 1. The lowest BCUT2D eigenvalue weighted by atomic mass is 9.89. The zero-order valence-electron chi connectivity index (χ0n) is 10.8. The number of hydrogen-bond acceptors (Lipinski definition) is 5. The Morgan fingerprint density at radius 1 is 1.35 bits per heavy atom. The fourth-order valence-corrected chi connectivity index (χ4v) is 1.17. The maximum Gasteiger partial charge on any atom is 0.325 e. The number of aromatic nitrogens is 2. The predicted octanol–water partition coefficient (Wildman–Crippen LogP) is 1.75. The second-order valence-corrected chi connectivity index (χ2v) is 4.70. The van der Waals surface area contributed by atoms with E-state index in [1.54, 1.807) is 19.3 Å². The second-order valence-electron chi connectivity index (χ2n) is 4.70. The summed E-state index contributed by atoms with van der Waals surface area (Å²) in [5.74, 6) is 0.127. The van der Waals surface area contributed by atoms with E-state index >= 15 is 0 Å². The number of nitrogens with one attached hydrogen (secondary N) is 1. The fourth-order valence-electron chi connectivity index (χ4n) is 1.17. The van der Waals surface area contributed by atoms with Crippen molar-refractivity contribution in [2.75, 3.05) is 18.5 Å². The molecule has 1 aromatic rings. The summed E-state index contributed by atoms with van der Waals surface area (Å²) >= 11 is 0. The highest BCUT2D eigenvalue weighted by Crippen LogP contribution is 2.20. The summed E-state index contributed by atoms with van der Waals surface area (Å²) in [6, 6.07) is 0. The van der Waals surface area contributed by atoms with Crippen molar-refractivity contribution in [1.82, 2.24) is 9.97 Å². The number of carbonyl (C=O) groups excluding carboxylic acids is 1. The molecule has 0 aliphatic rings. The Labute approximate surface area is 102 Å². The molecule has 0 aromatic carbocycles. The molecule has 0 aliphatic heterocycles. The molecule has 0 spiro atoms. The van der Waals surface area contributed by atoms with Crippen molar-refractivity contribution in [2.45, 2.75) is 33.1 Å². The molecule has 0 aliphatic carbocycles. The summed E-state index contributed by atoms with van der Waals surface area (Å²) in [4.78, 5) is 19.4. The highest BCUT2D eigenvalue weighted by molar-refractivity contribution is 5.74. The Hall–Kier alpha value is -1.65. The van der Waals surface area contributed by atoms with Crippen molar-refractivity contribution >= 4 is 11.9 Å². The van der Waals surface area contributed by atoms with E-state index in [2.05, 4.69) is 36.1 Å². The summed E-state index contributed by atoms with van der Waals surface area (Å²) < 4.78 is 4.78. The molecule has 1 N–H and O–H groups in total. The smallest absolute Gasteiger partial charge is 0.325 e. The van der Waals surface area contributed by atoms with Crippen LogP contribution in [0.15, 0.2) is 12.4 Å². The topological polar surface area (TPSA) is 64.1 Å². The van der Waals surface area contributed by atoms with Crippen LogP contribution in [0.4, 0.5) is 5.95 Å². The van der Waals surface area contributed by atoms with Crippen LogP contribution in [0.1, 0.15) is 33.3 Å². The predicted molar refractivity (Wildman–Crippen MR) is 65.9 cm³/mol. The van der Waals surface area contributed by atoms with Gasteiger partial charge in [0, 0.05) is 12.4 Å². The van der Waals surface area contributed by atoms with E-state index in [1.807, 2.05) is 0 Å². The Kier molecular flexibility index (Phi) is 4.43. The molecule has 0 bridgehead atoms. The normalized spacial score (nSPS) is 11.1. The van der Waals surface area contributed by atoms with Crippen molar-refractivity contribution in [1.29, 1.82) is 0 Å². The van der Waals surface area contributed by atoms with E-state index in [4.69, 9.17) is 4.74 Å². The number of hydrogen-bond donors (Lipinski definition) is 1. The van der Waals surface area contributed by atoms with Crippen molar-refractivity contribution in [3.63, 3.8) is 0 Å². The molecule has 0 radical (unpaired) electrons. The van der Waals surface area contributed by atoms with Gasteiger partial charge in [-0.1, -0.05) is 20.8 Å². The van der Waals surface area contributed by atoms with Gasteiger partial charge < -0.3 is 10.1 Å². The Morgan fingerprint density at radius 2 is 1.94 bits per heavy atom.